The predicted molar refractivity (Wildman–Crippen MR) is 90.6 cm³/mol. The van der Waals surface area contributed by atoms with Crippen LogP contribution in [0.4, 0.5) is 5.69 Å². The number of aromatic amines is 1. The Morgan fingerprint density at radius 1 is 1.50 bits per heavy atom. The highest BCUT2D eigenvalue weighted by Gasteiger charge is 2.13. The van der Waals surface area contributed by atoms with Crippen LogP contribution in [0.3, 0.4) is 0 Å². The van der Waals surface area contributed by atoms with Gasteiger partial charge in [-0.1, -0.05) is 0 Å². The number of phenolic OH excluding ortho intramolecular Hbond substituents is 1. The van der Waals surface area contributed by atoms with Crippen LogP contribution < -0.4 is 20.5 Å². The first-order valence-corrected chi connectivity index (χ1v) is 7.35. The predicted octanol–water partition coefficient (Wildman–Crippen LogP) is 0.892. The maximum absolute atomic E-state index is 12.1. The molecule has 132 valence electrons. The summed E-state index contributed by atoms with van der Waals surface area (Å²) in [7, 11) is 1.41. The van der Waals surface area contributed by atoms with Crippen LogP contribution in [-0.4, -0.2) is 39.8 Å². The number of carbonyl (C=O) groups excluding carboxylic acids is 1. The maximum atomic E-state index is 12.1. The fourth-order valence-electron chi connectivity index (χ4n) is 2.23. The van der Waals surface area contributed by atoms with E-state index in [4.69, 9.17) is 20.5 Å². The number of nitrogens with one attached hydrogen (secondary N) is 2. The minimum Gasteiger partial charge on any atom is -0.504 e. The van der Waals surface area contributed by atoms with Crippen molar-refractivity contribution in [3.8, 4) is 23.6 Å². The monoisotopic (exact) mass is 354 g/mol. The third-order valence-electron chi connectivity index (χ3n) is 3.53. The number of amides is 1. The number of phenols is 1. The van der Waals surface area contributed by atoms with Crippen LogP contribution in [0.5, 0.6) is 17.5 Å². The normalized spacial score (nSPS) is 10.3. The number of fused-ring (bicyclic) bond motifs is 1. The molecule has 26 heavy (non-hydrogen) atoms. The number of pyridine rings is 1. The second kappa shape index (κ2) is 6.86. The van der Waals surface area contributed by atoms with E-state index in [2.05, 4.69) is 20.3 Å². The van der Waals surface area contributed by atoms with Crippen molar-refractivity contribution in [2.45, 2.75) is 0 Å². The minimum absolute atomic E-state index is 0.0724. The van der Waals surface area contributed by atoms with Crippen molar-refractivity contribution < 1.29 is 19.4 Å². The summed E-state index contributed by atoms with van der Waals surface area (Å²) in [6.45, 7) is -0.177. The first-order chi connectivity index (χ1) is 12.5. The number of nitrogen functional groups attached to an aromatic ring is 1. The largest absolute Gasteiger partial charge is 0.504 e. The van der Waals surface area contributed by atoms with Crippen LogP contribution in [0.15, 0.2) is 24.4 Å². The topological polar surface area (TPSA) is 159 Å². The lowest BCUT2D eigenvalue weighted by atomic mass is 10.2. The molecular formula is C16H14N6O4. The molecule has 1 aromatic carbocycles. The number of hydrogen-bond acceptors (Lipinski definition) is 8. The van der Waals surface area contributed by atoms with E-state index >= 15 is 0 Å². The van der Waals surface area contributed by atoms with Crippen LogP contribution in [0, 0.1) is 11.3 Å². The smallest absolute Gasteiger partial charge is 0.296 e. The number of aromatic nitrogens is 3. The molecule has 0 spiro atoms. The average molecular weight is 354 g/mol. The van der Waals surface area contributed by atoms with Gasteiger partial charge in [0.2, 0.25) is 0 Å². The lowest BCUT2D eigenvalue weighted by Crippen LogP contribution is -2.27. The number of nitrogens with zero attached hydrogens (tertiary/aromatic N) is 3. The Balaban J connectivity index is 1.65. The second-order valence-electron chi connectivity index (χ2n) is 5.12. The molecular weight excluding hydrogens is 340 g/mol. The highest BCUT2D eigenvalue weighted by atomic mass is 16.5. The summed E-state index contributed by atoms with van der Waals surface area (Å²) < 4.78 is 10.3. The molecule has 3 aromatic rings. The van der Waals surface area contributed by atoms with Crippen molar-refractivity contribution in [3.05, 3.63) is 35.7 Å². The number of benzene rings is 1. The Bertz CT molecular complexity index is 1020. The number of carbonyl (C=O) groups is 1. The van der Waals surface area contributed by atoms with Crippen molar-refractivity contribution in [2.24, 2.45) is 0 Å². The first-order valence-electron chi connectivity index (χ1n) is 7.35. The van der Waals surface area contributed by atoms with E-state index in [1.54, 1.807) is 0 Å². The number of nitriles is 1. The summed E-state index contributed by atoms with van der Waals surface area (Å²) in [5, 5.41) is 21.1. The van der Waals surface area contributed by atoms with Crippen LogP contribution >= 0.6 is 0 Å². The molecule has 3 rings (SSSR count). The Morgan fingerprint density at radius 3 is 3.00 bits per heavy atom. The summed E-state index contributed by atoms with van der Waals surface area (Å²) in [5.41, 5.74) is 7.13. The molecule has 0 aliphatic heterocycles. The van der Waals surface area contributed by atoms with Crippen LogP contribution in [0.1, 0.15) is 16.1 Å². The molecule has 0 radical (unpaired) electrons. The number of ether oxygens (including phenoxy) is 2. The summed E-state index contributed by atoms with van der Waals surface area (Å²) in [6.07, 6.45) is 1.42. The Labute approximate surface area is 147 Å². The molecule has 0 aliphatic carbocycles. The fourth-order valence-corrected chi connectivity index (χ4v) is 2.23. The zero-order valence-corrected chi connectivity index (χ0v) is 13.6. The van der Waals surface area contributed by atoms with E-state index in [1.807, 2.05) is 6.07 Å². The third kappa shape index (κ3) is 3.13. The van der Waals surface area contributed by atoms with Gasteiger partial charge in [0.05, 0.1) is 24.5 Å². The molecule has 10 heteroatoms. The maximum Gasteiger partial charge on any atom is 0.296 e. The van der Waals surface area contributed by atoms with Gasteiger partial charge in [-0.25, -0.2) is 4.98 Å². The average Bonchev–Trinajstić information content (AvgIpc) is 3.06. The van der Waals surface area contributed by atoms with E-state index in [-0.39, 0.29) is 41.2 Å². The number of imidazole rings is 1. The van der Waals surface area contributed by atoms with Gasteiger partial charge in [-0.05, 0) is 18.2 Å². The molecule has 10 nitrogen and oxygen atoms in total. The van der Waals surface area contributed by atoms with E-state index in [0.717, 1.165) is 0 Å². The summed E-state index contributed by atoms with van der Waals surface area (Å²) in [6, 6.07) is 6.25. The highest BCUT2D eigenvalue weighted by Crippen LogP contribution is 2.26. The van der Waals surface area contributed by atoms with Gasteiger partial charge in [0, 0.05) is 5.56 Å². The first kappa shape index (κ1) is 16.8. The number of aromatic hydroxyl groups is 1. The van der Waals surface area contributed by atoms with Gasteiger partial charge in [-0.3, -0.25) is 4.79 Å². The number of methoxy groups -OCH3 is 1. The Hall–Kier alpha value is -4.00. The molecule has 0 unspecified atom stereocenters. The second-order valence-corrected chi connectivity index (χ2v) is 5.12. The number of H-pyrrole nitrogens is 1. The van der Waals surface area contributed by atoms with Gasteiger partial charge < -0.3 is 30.6 Å². The summed E-state index contributed by atoms with van der Waals surface area (Å²) in [4.78, 5) is 22.9. The third-order valence-corrected chi connectivity index (χ3v) is 3.53. The standard InChI is InChI=1S/C16H14N6O4/c1-25-12-3-2-8(4-11(12)23)15(24)20-7-26-16-21-10-6-19-9(5-17)13(18)14(10)22-16/h2-4,6,23H,7,18H2,1H3,(H,20,24)(H,21,22). The number of anilines is 1. The van der Waals surface area contributed by atoms with E-state index in [0.29, 0.717) is 11.0 Å². The molecule has 5 N–H and O–H groups in total. The number of nitrogens with two attached hydrogens (primary N) is 1. The van der Waals surface area contributed by atoms with Gasteiger partial charge in [0.15, 0.2) is 23.9 Å². The van der Waals surface area contributed by atoms with Gasteiger partial charge in [-0.2, -0.15) is 10.2 Å². The number of hydrogen-bond donors (Lipinski definition) is 4. The van der Waals surface area contributed by atoms with E-state index < -0.39 is 5.91 Å². The highest BCUT2D eigenvalue weighted by molar-refractivity contribution is 5.94. The molecule has 0 saturated carbocycles. The molecule has 0 saturated heterocycles. The van der Waals surface area contributed by atoms with Gasteiger partial charge in [-0.15, -0.1) is 0 Å². The van der Waals surface area contributed by atoms with Crippen molar-refractivity contribution in [2.75, 3.05) is 19.6 Å². The van der Waals surface area contributed by atoms with E-state index in [1.165, 1.54) is 31.5 Å². The Kier molecular flexibility index (Phi) is 4.44. The molecule has 0 atom stereocenters. The summed E-state index contributed by atoms with van der Waals surface area (Å²) >= 11 is 0. The van der Waals surface area contributed by atoms with Crippen LogP contribution in [0.25, 0.3) is 11.0 Å². The Morgan fingerprint density at radius 2 is 2.31 bits per heavy atom. The SMILES string of the molecule is COc1ccc(C(=O)NCOc2nc3c(N)c(C#N)ncc3[nH]2)cc1O. The van der Waals surface area contributed by atoms with Crippen molar-refractivity contribution in [1.29, 1.82) is 5.26 Å². The van der Waals surface area contributed by atoms with Crippen LogP contribution in [-0.2, 0) is 0 Å². The van der Waals surface area contributed by atoms with E-state index in [9.17, 15) is 9.90 Å². The summed E-state index contributed by atoms with van der Waals surface area (Å²) in [5.74, 6) is -0.329. The fraction of sp³-hybridized carbons (Fsp3) is 0.125. The quantitative estimate of drug-likeness (QED) is 0.492. The van der Waals surface area contributed by atoms with Gasteiger partial charge in [0.1, 0.15) is 11.6 Å². The van der Waals surface area contributed by atoms with Crippen LogP contribution in [0.2, 0.25) is 0 Å². The van der Waals surface area contributed by atoms with Gasteiger partial charge >= 0.3 is 0 Å². The van der Waals surface area contributed by atoms with Gasteiger partial charge in [0.25, 0.3) is 11.9 Å². The van der Waals surface area contributed by atoms with Crippen molar-refractivity contribution in [3.63, 3.8) is 0 Å². The molecule has 0 aliphatic rings. The van der Waals surface area contributed by atoms with Crippen molar-refractivity contribution in [1.82, 2.24) is 20.3 Å². The lowest BCUT2D eigenvalue weighted by Gasteiger charge is -2.07. The zero-order chi connectivity index (χ0) is 18.7. The molecule has 1 amide bonds. The molecule has 0 bridgehead atoms. The molecule has 2 aromatic heterocycles. The minimum atomic E-state index is -0.452. The molecule has 0 fully saturated rings. The molecule has 2 heterocycles. The number of rotatable bonds is 5. The van der Waals surface area contributed by atoms with Crippen molar-refractivity contribution >= 4 is 22.6 Å². The zero-order valence-electron chi connectivity index (χ0n) is 13.6. The lowest BCUT2D eigenvalue weighted by molar-refractivity contribution is 0.0915.